The number of para-hydroxylation sites is 2. The maximum Gasteiger partial charge on any atom is 0.295 e. The van der Waals surface area contributed by atoms with Gasteiger partial charge in [-0.25, -0.2) is 9.37 Å². The molecule has 144 valence electrons. The van der Waals surface area contributed by atoms with Crippen molar-refractivity contribution >= 4 is 34.0 Å². The summed E-state index contributed by atoms with van der Waals surface area (Å²) in [5.74, 6) is -1.66. The summed E-state index contributed by atoms with van der Waals surface area (Å²) in [5, 5.41) is 13.5. The van der Waals surface area contributed by atoms with Crippen molar-refractivity contribution in [2.24, 2.45) is 0 Å². The molecule has 3 N–H and O–H groups in total. The molecule has 1 heterocycles. The lowest BCUT2D eigenvalue weighted by molar-refractivity contribution is -0.384. The Bertz CT molecular complexity index is 1250. The van der Waals surface area contributed by atoms with E-state index in [1.807, 2.05) is 28.8 Å². The zero-order valence-corrected chi connectivity index (χ0v) is 14.9. The molecule has 1 aromatic heterocycles. The van der Waals surface area contributed by atoms with E-state index in [0.29, 0.717) is 11.8 Å². The maximum absolute atomic E-state index is 13.7. The minimum atomic E-state index is -0.918. The number of carbonyl (C=O) groups is 1. The van der Waals surface area contributed by atoms with Crippen LogP contribution in [0.15, 0.2) is 67.0 Å². The van der Waals surface area contributed by atoms with E-state index in [9.17, 15) is 19.3 Å². The van der Waals surface area contributed by atoms with E-state index in [1.54, 1.807) is 30.6 Å². The first kappa shape index (κ1) is 18.1. The van der Waals surface area contributed by atoms with Crippen LogP contribution >= 0.6 is 0 Å². The van der Waals surface area contributed by atoms with Crippen LogP contribution in [0.3, 0.4) is 0 Å². The number of anilines is 2. The minimum absolute atomic E-state index is 0.304. The lowest BCUT2D eigenvalue weighted by Gasteiger charge is -2.10. The van der Waals surface area contributed by atoms with Crippen molar-refractivity contribution in [3.8, 4) is 5.69 Å². The zero-order chi connectivity index (χ0) is 20.5. The van der Waals surface area contributed by atoms with Gasteiger partial charge in [0.05, 0.1) is 27.6 Å². The molecule has 0 aliphatic carbocycles. The van der Waals surface area contributed by atoms with Gasteiger partial charge in [-0.1, -0.05) is 12.1 Å². The highest BCUT2D eigenvalue weighted by Gasteiger charge is 2.21. The van der Waals surface area contributed by atoms with Crippen molar-refractivity contribution in [1.29, 1.82) is 0 Å². The van der Waals surface area contributed by atoms with E-state index < -0.39 is 28.0 Å². The average Bonchev–Trinajstić information content (AvgIpc) is 3.14. The van der Waals surface area contributed by atoms with Gasteiger partial charge in [-0.15, -0.1) is 0 Å². The number of rotatable bonds is 4. The molecule has 0 radical (unpaired) electrons. The number of fused-ring (bicyclic) bond motifs is 1. The van der Waals surface area contributed by atoms with Crippen molar-refractivity contribution in [3.05, 3.63) is 88.5 Å². The highest BCUT2D eigenvalue weighted by atomic mass is 19.1. The van der Waals surface area contributed by atoms with Crippen LogP contribution in [-0.2, 0) is 0 Å². The zero-order valence-electron chi connectivity index (χ0n) is 14.9. The summed E-state index contributed by atoms with van der Waals surface area (Å²) >= 11 is 0. The molecule has 0 bridgehead atoms. The van der Waals surface area contributed by atoms with E-state index >= 15 is 0 Å². The third-order valence-electron chi connectivity index (χ3n) is 4.42. The fourth-order valence-corrected chi connectivity index (χ4v) is 3.01. The number of imidazole rings is 1. The summed E-state index contributed by atoms with van der Waals surface area (Å²) in [7, 11) is 0. The summed E-state index contributed by atoms with van der Waals surface area (Å²) in [6.45, 7) is 0. The molecule has 3 aromatic carbocycles. The topological polar surface area (TPSA) is 116 Å². The van der Waals surface area contributed by atoms with Gasteiger partial charge in [-0.3, -0.25) is 19.5 Å². The van der Waals surface area contributed by atoms with E-state index in [-0.39, 0.29) is 5.56 Å². The van der Waals surface area contributed by atoms with Gasteiger partial charge >= 0.3 is 0 Å². The first-order valence-electron chi connectivity index (χ1n) is 8.51. The third-order valence-corrected chi connectivity index (χ3v) is 4.42. The number of amides is 1. The average molecular weight is 391 g/mol. The van der Waals surface area contributed by atoms with Crippen LogP contribution in [0.25, 0.3) is 16.7 Å². The Kier molecular flexibility index (Phi) is 4.40. The number of carbonyl (C=O) groups excluding carboxylic acids is 1. The lowest BCUT2D eigenvalue weighted by atomic mass is 10.1. The maximum atomic E-state index is 13.7. The number of aromatic nitrogens is 2. The lowest BCUT2D eigenvalue weighted by Crippen LogP contribution is -2.15. The molecule has 0 unspecified atom stereocenters. The number of nitrogens with one attached hydrogen (secondary N) is 1. The second-order valence-electron chi connectivity index (χ2n) is 6.25. The van der Waals surface area contributed by atoms with Crippen molar-refractivity contribution in [2.75, 3.05) is 11.1 Å². The van der Waals surface area contributed by atoms with Crippen LogP contribution in [0, 0.1) is 15.9 Å². The predicted octanol–water partition coefficient (Wildman–Crippen LogP) is 3.91. The second kappa shape index (κ2) is 7.04. The van der Waals surface area contributed by atoms with Gasteiger partial charge < -0.3 is 11.1 Å². The van der Waals surface area contributed by atoms with Gasteiger partial charge in [0, 0.05) is 11.4 Å². The molecule has 0 atom stereocenters. The smallest absolute Gasteiger partial charge is 0.295 e. The number of hydrogen-bond donors (Lipinski definition) is 2. The normalized spacial score (nSPS) is 10.8. The fraction of sp³-hybridized carbons (Fsp3) is 0. The van der Waals surface area contributed by atoms with Crippen LogP contribution in [0.4, 0.5) is 21.5 Å². The second-order valence-corrected chi connectivity index (χ2v) is 6.25. The molecule has 4 rings (SSSR count). The number of hydrogen-bond acceptors (Lipinski definition) is 5. The Labute approximate surface area is 163 Å². The Morgan fingerprint density at radius 1 is 1.14 bits per heavy atom. The predicted molar refractivity (Wildman–Crippen MR) is 106 cm³/mol. The van der Waals surface area contributed by atoms with E-state index in [2.05, 4.69) is 10.3 Å². The first-order valence-corrected chi connectivity index (χ1v) is 8.51. The third kappa shape index (κ3) is 3.36. The van der Waals surface area contributed by atoms with Crippen LogP contribution in [0.1, 0.15) is 10.4 Å². The van der Waals surface area contributed by atoms with Crippen molar-refractivity contribution in [1.82, 2.24) is 9.55 Å². The van der Waals surface area contributed by atoms with E-state index in [4.69, 9.17) is 5.73 Å². The summed E-state index contributed by atoms with van der Waals surface area (Å²) < 4.78 is 15.6. The van der Waals surface area contributed by atoms with Gasteiger partial charge in [-0.2, -0.15) is 0 Å². The Morgan fingerprint density at radius 3 is 2.59 bits per heavy atom. The molecule has 8 nitrogen and oxygen atoms in total. The number of nitrogens with two attached hydrogens (primary N) is 1. The number of nitro benzene ring substituents is 1. The Hall–Kier alpha value is -4.27. The number of benzene rings is 3. The van der Waals surface area contributed by atoms with Crippen LogP contribution in [-0.4, -0.2) is 20.4 Å². The molecule has 9 heteroatoms. The van der Waals surface area contributed by atoms with Gasteiger partial charge in [0.25, 0.3) is 11.6 Å². The highest BCUT2D eigenvalue weighted by molar-refractivity contribution is 6.09. The molecule has 4 aromatic rings. The number of nitro groups is 1. The molecule has 0 saturated carbocycles. The minimum Gasteiger partial charge on any atom is -0.393 e. The number of nitrogen functional groups attached to an aromatic ring is 1. The molecule has 0 aliphatic heterocycles. The van der Waals surface area contributed by atoms with Crippen molar-refractivity contribution in [2.45, 2.75) is 0 Å². The number of halogens is 1. The summed E-state index contributed by atoms with van der Waals surface area (Å²) in [5.41, 5.74) is 7.36. The van der Waals surface area contributed by atoms with Crippen molar-refractivity contribution < 1.29 is 14.1 Å². The van der Waals surface area contributed by atoms with Crippen LogP contribution in [0.5, 0.6) is 0 Å². The van der Waals surface area contributed by atoms with E-state index in [1.165, 1.54) is 0 Å². The van der Waals surface area contributed by atoms with Gasteiger partial charge in [-0.05, 0) is 42.5 Å². The quantitative estimate of drug-likeness (QED) is 0.311. The molecule has 0 saturated heterocycles. The van der Waals surface area contributed by atoms with Gasteiger partial charge in [0.2, 0.25) is 0 Å². The Balaban J connectivity index is 1.60. The number of nitrogens with zero attached hydrogens (tertiary/aromatic N) is 3. The SMILES string of the molecule is Nc1c(C(=O)Nc2ccc(-n3cnc4ccccc43)cc2)cc(F)cc1[N+](=O)[O-]. The van der Waals surface area contributed by atoms with Crippen LogP contribution < -0.4 is 11.1 Å². The monoisotopic (exact) mass is 391 g/mol. The molecular formula is C20H14FN5O3. The van der Waals surface area contributed by atoms with Gasteiger partial charge in [0.15, 0.2) is 0 Å². The Morgan fingerprint density at radius 2 is 1.86 bits per heavy atom. The van der Waals surface area contributed by atoms with Gasteiger partial charge in [0.1, 0.15) is 17.8 Å². The molecule has 1 amide bonds. The largest absolute Gasteiger partial charge is 0.393 e. The highest BCUT2D eigenvalue weighted by Crippen LogP contribution is 2.27. The fourth-order valence-electron chi connectivity index (χ4n) is 3.01. The summed E-state index contributed by atoms with van der Waals surface area (Å²) in [6.07, 6.45) is 1.70. The van der Waals surface area contributed by atoms with E-state index in [0.717, 1.165) is 22.8 Å². The standard InChI is InChI=1S/C20H14FN5O3/c21-12-9-15(19(22)18(10-12)26(28)29)20(27)24-13-5-7-14(8-6-13)25-11-23-16-3-1-2-4-17(16)25/h1-11H,22H2,(H,24,27). The first-order chi connectivity index (χ1) is 13.9. The summed E-state index contributed by atoms with van der Waals surface area (Å²) in [4.78, 5) is 26.9. The molecule has 0 fully saturated rings. The summed E-state index contributed by atoms with van der Waals surface area (Å²) in [6, 6.07) is 16.1. The van der Waals surface area contributed by atoms with Crippen LogP contribution in [0.2, 0.25) is 0 Å². The van der Waals surface area contributed by atoms with Crippen molar-refractivity contribution in [3.63, 3.8) is 0 Å². The molecule has 0 aliphatic rings. The molecular weight excluding hydrogens is 377 g/mol. The molecule has 29 heavy (non-hydrogen) atoms. The molecule has 0 spiro atoms.